The number of thioether (sulfide) groups is 1. The number of methoxy groups -OCH3 is 1. The minimum absolute atomic E-state index is 0.0965. The van der Waals surface area contributed by atoms with Crippen LogP contribution in [0.1, 0.15) is 10.4 Å². The number of rotatable bonds is 6. The monoisotopic (exact) mass is 278 g/mol. The Hall–Kier alpha value is -2.02. The molecule has 0 aliphatic carbocycles. The van der Waals surface area contributed by atoms with E-state index in [1.165, 1.54) is 18.1 Å². The molecule has 2 rings (SSSR count). The Kier molecular flexibility index (Phi) is 4.79. The van der Waals surface area contributed by atoms with Gasteiger partial charge in [-0.1, -0.05) is 11.8 Å². The third-order valence-corrected chi connectivity index (χ3v) is 3.25. The minimum Gasteiger partial charge on any atom is -0.497 e. The number of H-pyrrole nitrogens is 1. The molecule has 0 bridgehead atoms. The number of nitrogens with one attached hydrogen (secondary N) is 2. The first-order chi connectivity index (χ1) is 9.29. The molecule has 1 aromatic heterocycles. The van der Waals surface area contributed by atoms with Gasteiger partial charge in [0.25, 0.3) is 5.91 Å². The average molecular weight is 278 g/mol. The third kappa shape index (κ3) is 3.99. The molecule has 0 saturated carbocycles. The van der Waals surface area contributed by atoms with Crippen LogP contribution >= 0.6 is 11.8 Å². The molecule has 2 N–H and O–H groups in total. The third-order valence-electron chi connectivity index (χ3n) is 2.37. The molecule has 0 atom stereocenters. The maximum Gasteiger partial charge on any atom is 0.251 e. The van der Waals surface area contributed by atoms with Crippen molar-refractivity contribution in [1.82, 2.24) is 20.5 Å². The van der Waals surface area contributed by atoms with Crippen LogP contribution in [0.5, 0.6) is 5.75 Å². The van der Waals surface area contributed by atoms with Crippen LogP contribution in [0.15, 0.2) is 35.7 Å². The lowest BCUT2D eigenvalue weighted by molar-refractivity contribution is 0.0956. The highest BCUT2D eigenvalue weighted by Crippen LogP contribution is 2.11. The van der Waals surface area contributed by atoms with E-state index in [1.807, 2.05) is 0 Å². The number of hydrogen-bond acceptors (Lipinski definition) is 5. The van der Waals surface area contributed by atoms with Gasteiger partial charge in [-0.25, -0.2) is 4.98 Å². The van der Waals surface area contributed by atoms with Gasteiger partial charge in [-0.3, -0.25) is 9.89 Å². The van der Waals surface area contributed by atoms with Gasteiger partial charge in [-0.2, -0.15) is 5.10 Å². The van der Waals surface area contributed by atoms with Crippen LogP contribution < -0.4 is 10.1 Å². The summed E-state index contributed by atoms with van der Waals surface area (Å²) in [6.07, 6.45) is 1.46. The molecular formula is C12H14N4O2S. The first-order valence-electron chi connectivity index (χ1n) is 5.70. The van der Waals surface area contributed by atoms with Crippen molar-refractivity contribution < 1.29 is 9.53 Å². The van der Waals surface area contributed by atoms with Crippen molar-refractivity contribution in [2.45, 2.75) is 5.16 Å². The molecule has 1 heterocycles. The van der Waals surface area contributed by atoms with Crippen LogP contribution in [-0.2, 0) is 0 Å². The van der Waals surface area contributed by atoms with Crippen molar-refractivity contribution in [1.29, 1.82) is 0 Å². The summed E-state index contributed by atoms with van der Waals surface area (Å²) in [5.41, 5.74) is 0.616. The zero-order chi connectivity index (χ0) is 13.5. The molecular weight excluding hydrogens is 264 g/mol. The van der Waals surface area contributed by atoms with Gasteiger partial charge in [0.2, 0.25) is 0 Å². The van der Waals surface area contributed by atoms with Crippen molar-refractivity contribution >= 4 is 17.7 Å². The molecule has 0 saturated heterocycles. The van der Waals surface area contributed by atoms with E-state index in [-0.39, 0.29) is 5.91 Å². The van der Waals surface area contributed by atoms with E-state index in [1.54, 1.807) is 31.4 Å². The SMILES string of the molecule is COc1ccc(C(=O)NCCSc2ncn[nH]2)cc1. The second-order valence-corrected chi connectivity index (χ2v) is 4.71. The zero-order valence-corrected chi connectivity index (χ0v) is 11.2. The van der Waals surface area contributed by atoms with Crippen molar-refractivity contribution in [3.63, 3.8) is 0 Å². The van der Waals surface area contributed by atoms with E-state index in [4.69, 9.17) is 4.74 Å². The van der Waals surface area contributed by atoms with Gasteiger partial charge in [0, 0.05) is 17.9 Å². The standard InChI is InChI=1S/C12H14N4O2S/c1-18-10-4-2-9(3-5-10)11(17)13-6-7-19-12-14-8-15-16-12/h2-5,8H,6-7H2,1H3,(H,13,17)(H,14,15,16). The smallest absolute Gasteiger partial charge is 0.251 e. The minimum atomic E-state index is -0.0965. The fraction of sp³-hybridized carbons (Fsp3) is 0.250. The molecule has 1 aromatic carbocycles. The van der Waals surface area contributed by atoms with Crippen LogP contribution in [0, 0.1) is 0 Å². The van der Waals surface area contributed by atoms with E-state index in [9.17, 15) is 4.79 Å². The number of amides is 1. The Morgan fingerprint density at radius 3 is 2.84 bits per heavy atom. The number of aromatic amines is 1. The maximum absolute atomic E-state index is 11.8. The maximum atomic E-state index is 11.8. The first-order valence-corrected chi connectivity index (χ1v) is 6.68. The van der Waals surface area contributed by atoms with Gasteiger partial charge in [0.05, 0.1) is 7.11 Å². The largest absolute Gasteiger partial charge is 0.497 e. The van der Waals surface area contributed by atoms with Crippen molar-refractivity contribution in [2.24, 2.45) is 0 Å². The Labute approximate surface area is 115 Å². The van der Waals surface area contributed by atoms with Gasteiger partial charge >= 0.3 is 0 Å². The summed E-state index contributed by atoms with van der Waals surface area (Å²) in [4.78, 5) is 15.8. The van der Waals surface area contributed by atoms with Crippen LogP contribution in [-0.4, -0.2) is 40.5 Å². The van der Waals surface area contributed by atoms with Crippen molar-refractivity contribution in [3.05, 3.63) is 36.2 Å². The van der Waals surface area contributed by atoms with Crippen LogP contribution in [0.4, 0.5) is 0 Å². The number of hydrogen-bond donors (Lipinski definition) is 2. The summed E-state index contributed by atoms with van der Waals surface area (Å²) in [6.45, 7) is 0.566. The number of ether oxygens (including phenoxy) is 1. The second kappa shape index (κ2) is 6.79. The summed E-state index contributed by atoms with van der Waals surface area (Å²) < 4.78 is 5.04. The fourth-order valence-corrected chi connectivity index (χ4v) is 2.06. The molecule has 0 spiro atoms. The van der Waals surface area contributed by atoms with E-state index >= 15 is 0 Å². The highest BCUT2D eigenvalue weighted by molar-refractivity contribution is 7.99. The van der Waals surface area contributed by atoms with E-state index in [2.05, 4.69) is 20.5 Å². The fourth-order valence-electron chi connectivity index (χ4n) is 1.42. The summed E-state index contributed by atoms with van der Waals surface area (Å²) in [7, 11) is 1.59. The van der Waals surface area contributed by atoms with Gasteiger partial charge in [-0.15, -0.1) is 0 Å². The highest BCUT2D eigenvalue weighted by Gasteiger charge is 2.05. The number of carbonyl (C=O) groups excluding carboxylic acids is 1. The molecule has 0 aliphatic rings. The normalized spacial score (nSPS) is 10.2. The summed E-state index contributed by atoms with van der Waals surface area (Å²) in [5.74, 6) is 1.37. The Morgan fingerprint density at radius 1 is 1.42 bits per heavy atom. The topological polar surface area (TPSA) is 79.9 Å². The zero-order valence-electron chi connectivity index (χ0n) is 10.4. The van der Waals surface area contributed by atoms with E-state index < -0.39 is 0 Å². The Morgan fingerprint density at radius 2 is 2.21 bits per heavy atom. The van der Waals surface area contributed by atoms with E-state index in [0.29, 0.717) is 12.1 Å². The molecule has 100 valence electrons. The summed E-state index contributed by atoms with van der Waals surface area (Å²) in [5, 5.41) is 10.1. The molecule has 0 fully saturated rings. The quantitative estimate of drug-likeness (QED) is 0.615. The lowest BCUT2D eigenvalue weighted by atomic mass is 10.2. The molecule has 6 nitrogen and oxygen atoms in total. The average Bonchev–Trinajstić information content (AvgIpc) is 2.96. The Balaban J connectivity index is 1.74. The Bertz CT molecular complexity index is 513. The van der Waals surface area contributed by atoms with Gasteiger partial charge in [-0.05, 0) is 24.3 Å². The summed E-state index contributed by atoms with van der Waals surface area (Å²) in [6, 6.07) is 6.99. The number of benzene rings is 1. The number of aromatic nitrogens is 3. The predicted molar refractivity (Wildman–Crippen MR) is 72.4 cm³/mol. The number of carbonyl (C=O) groups is 1. The van der Waals surface area contributed by atoms with Crippen LogP contribution in [0.25, 0.3) is 0 Å². The second-order valence-electron chi connectivity index (χ2n) is 3.62. The molecule has 1 amide bonds. The molecule has 0 radical (unpaired) electrons. The van der Waals surface area contributed by atoms with Gasteiger partial charge in [0.15, 0.2) is 5.16 Å². The predicted octanol–water partition coefficient (Wildman–Crippen LogP) is 1.34. The lowest BCUT2D eigenvalue weighted by Crippen LogP contribution is -2.25. The number of nitrogens with zero attached hydrogens (tertiary/aromatic N) is 2. The lowest BCUT2D eigenvalue weighted by Gasteiger charge is -2.05. The van der Waals surface area contributed by atoms with Gasteiger partial charge < -0.3 is 10.1 Å². The van der Waals surface area contributed by atoms with Crippen LogP contribution in [0.2, 0.25) is 0 Å². The van der Waals surface area contributed by atoms with Gasteiger partial charge in [0.1, 0.15) is 12.1 Å². The summed E-state index contributed by atoms with van der Waals surface area (Å²) >= 11 is 1.51. The van der Waals surface area contributed by atoms with Crippen molar-refractivity contribution in [2.75, 3.05) is 19.4 Å². The first kappa shape index (κ1) is 13.4. The van der Waals surface area contributed by atoms with E-state index in [0.717, 1.165) is 16.7 Å². The molecule has 0 aliphatic heterocycles. The molecule has 0 unspecified atom stereocenters. The molecule has 7 heteroatoms. The molecule has 2 aromatic rings. The van der Waals surface area contributed by atoms with Crippen molar-refractivity contribution in [3.8, 4) is 5.75 Å². The highest BCUT2D eigenvalue weighted by atomic mass is 32.2. The molecule has 19 heavy (non-hydrogen) atoms. The van der Waals surface area contributed by atoms with Crippen LogP contribution in [0.3, 0.4) is 0 Å².